The van der Waals surface area contributed by atoms with Crippen LogP contribution in [0.5, 0.6) is 0 Å². The Morgan fingerprint density at radius 2 is 1.95 bits per heavy atom. The summed E-state index contributed by atoms with van der Waals surface area (Å²) in [5, 5.41) is 9.21. The van der Waals surface area contributed by atoms with Gasteiger partial charge in [-0.2, -0.15) is 0 Å². The second-order valence-electron chi connectivity index (χ2n) is 4.66. The number of amides is 1. The van der Waals surface area contributed by atoms with Gasteiger partial charge in [-0.3, -0.25) is 4.79 Å². The Morgan fingerprint density at radius 1 is 1.32 bits per heavy atom. The van der Waals surface area contributed by atoms with Crippen molar-refractivity contribution in [3.05, 3.63) is 29.3 Å². The molecule has 1 aliphatic heterocycles. The van der Waals surface area contributed by atoms with Crippen LogP contribution in [0.4, 0.5) is 5.69 Å². The molecule has 0 radical (unpaired) electrons. The molecule has 0 aliphatic carbocycles. The Kier molecular flexibility index (Phi) is 4.56. The van der Waals surface area contributed by atoms with Gasteiger partial charge in [0.25, 0.3) is 5.91 Å². The van der Waals surface area contributed by atoms with Crippen LogP contribution in [-0.2, 0) is 22.4 Å². The lowest BCUT2D eigenvalue weighted by molar-refractivity contribution is -0.136. The summed E-state index contributed by atoms with van der Waals surface area (Å²) in [5.41, 5.74) is 3.36. The molecule has 1 heterocycles. The van der Waals surface area contributed by atoms with Gasteiger partial charge in [-0.1, -0.05) is 32.0 Å². The number of morpholine rings is 1. The standard InChI is InChI=1S/C15H21NO3/c1-3-11-6-5-7-12(4-2)14(11)16-8-9-19-13(10-17)15(16)18/h5-7,13,17H,3-4,8-10H2,1-2H3. The number of rotatable bonds is 4. The van der Waals surface area contributed by atoms with E-state index in [-0.39, 0.29) is 12.5 Å². The van der Waals surface area contributed by atoms with Gasteiger partial charge in [0.05, 0.1) is 18.9 Å². The van der Waals surface area contributed by atoms with Crippen molar-refractivity contribution >= 4 is 11.6 Å². The average molecular weight is 263 g/mol. The van der Waals surface area contributed by atoms with Gasteiger partial charge in [-0.25, -0.2) is 0 Å². The third-order valence-electron chi connectivity index (χ3n) is 3.58. The van der Waals surface area contributed by atoms with Crippen LogP contribution in [0.25, 0.3) is 0 Å². The fourth-order valence-electron chi connectivity index (χ4n) is 2.56. The van der Waals surface area contributed by atoms with Crippen LogP contribution in [0.3, 0.4) is 0 Å². The van der Waals surface area contributed by atoms with Gasteiger partial charge < -0.3 is 14.7 Å². The number of aliphatic hydroxyl groups excluding tert-OH is 1. The van der Waals surface area contributed by atoms with Gasteiger partial charge in [0.1, 0.15) is 0 Å². The van der Waals surface area contributed by atoms with Crippen molar-refractivity contribution in [2.45, 2.75) is 32.8 Å². The quantitative estimate of drug-likeness (QED) is 0.896. The minimum atomic E-state index is -0.719. The highest BCUT2D eigenvalue weighted by atomic mass is 16.5. The Bertz CT molecular complexity index is 436. The topological polar surface area (TPSA) is 49.8 Å². The number of hydrogen-bond acceptors (Lipinski definition) is 3. The fraction of sp³-hybridized carbons (Fsp3) is 0.533. The molecule has 4 heteroatoms. The van der Waals surface area contributed by atoms with E-state index < -0.39 is 6.10 Å². The number of anilines is 1. The van der Waals surface area contributed by atoms with Crippen LogP contribution in [0, 0.1) is 0 Å². The van der Waals surface area contributed by atoms with Crippen LogP contribution in [-0.4, -0.2) is 36.9 Å². The van der Waals surface area contributed by atoms with Gasteiger partial charge in [-0.15, -0.1) is 0 Å². The number of hydrogen-bond donors (Lipinski definition) is 1. The molecule has 19 heavy (non-hydrogen) atoms. The second kappa shape index (κ2) is 6.17. The number of carbonyl (C=O) groups excluding carboxylic acids is 1. The molecule has 0 spiro atoms. The highest BCUT2D eigenvalue weighted by Gasteiger charge is 2.31. The largest absolute Gasteiger partial charge is 0.393 e. The normalized spacial score (nSPS) is 19.8. The first-order valence-electron chi connectivity index (χ1n) is 6.87. The molecule has 104 valence electrons. The monoisotopic (exact) mass is 263 g/mol. The zero-order chi connectivity index (χ0) is 13.8. The van der Waals surface area contributed by atoms with Crippen LogP contribution in [0.15, 0.2) is 18.2 Å². The van der Waals surface area contributed by atoms with Crippen molar-refractivity contribution in [3.63, 3.8) is 0 Å². The Labute approximate surface area is 114 Å². The molecule has 0 bridgehead atoms. The molecule has 1 unspecified atom stereocenters. The first-order valence-corrected chi connectivity index (χ1v) is 6.87. The molecule has 1 amide bonds. The molecular weight excluding hydrogens is 242 g/mol. The number of ether oxygens (including phenoxy) is 1. The van der Waals surface area contributed by atoms with Crippen molar-refractivity contribution in [2.24, 2.45) is 0 Å². The van der Waals surface area contributed by atoms with Crippen LogP contribution in [0.2, 0.25) is 0 Å². The third-order valence-corrected chi connectivity index (χ3v) is 3.58. The van der Waals surface area contributed by atoms with E-state index in [1.165, 1.54) is 11.1 Å². The average Bonchev–Trinajstić information content (AvgIpc) is 2.46. The summed E-state index contributed by atoms with van der Waals surface area (Å²) >= 11 is 0. The Hall–Kier alpha value is -1.39. The lowest BCUT2D eigenvalue weighted by atomic mass is 10.0. The SMILES string of the molecule is CCc1cccc(CC)c1N1CCOC(CO)C1=O. The molecule has 4 nitrogen and oxygen atoms in total. The lowest BCUT2D eigenvalue weighted by Gasteiger charge is -2.34. The molecule has 1 fully saturated rings. The number of para-hydroxylation sites is 1. The Morgan fingerprint density at radius 3 is 2.47 bits per heavy atom. The summed E-state index contributed by atoms with van der Waals surface area (Å²) in [4.78, 5) is 14.1. The van der Waals surface area contributed by atoms with Crippen LogP contribution in [0.1, 0.15) is 25.0 Å². The zero-order valence-corrected chi connectivity index (χ0v) is 11.6. The molecule has 0 aromatic heterocycles. The first-order chi connectivity index (χ1) is 9.22. The van der Waals surface area contributed by atoms with Crippen molar-refractivity contribution in [1.29, 1.82) is 0 Å². The summed E-state index contributed by atoms with van der Waals surface area (Å²) in [6.07, 6.45) is 1.05. The van der Waals surface area contributed by atoms with Crippen molar-refractivity contribution < 1.29 is 14.6 Å². The van der Waals surface area contributed by atoms with E-state index in [0.717, 1.165) is 18.5 Å². The Balaban J connectivity index is 2.42. The lowest BCUT2D eigenvalue weighted by Crippen LogP contribution is -2.50. The van der Waals surface area contributed by atoms with Crippen molar-refractivity contribution in [1.82, 2.24) is 0 Å². The molecule has 0 saturated carbocycles. The van der Waals surface area contributed by atoms with E-state index in [4.69, 9.17) is 4.74 Å². The molecule has 1 N–H and O–H groups in total. The zero-order valence-electron chi connectivity index (χ0n) is 11.6. The second-order valence-corrected chi connectivity index (χ2v) is 4.66. The van der Waals surface area contributed by atoms with E-state index in [0.29, 0.717) is 13.2 Å². The molecule has 1 aromatic rings. The first kappa shape index (κ1) is 14.0. The number of aliphatic hydroxyl groups is 1. The van der Waals surface area contributed by atoms with Gasteiger partial charge >= 0.3 is 0 Å². The summed E-state index contributed by atoms with van der Waals surface area (Å²) in [6.45, 7) is 4.95. The summed E-state index contributed by atoms with van der Waals surface area (Å²) in [6, 6.07) is 6.16. The smallest absolute Gasteiger partial charge is 0.258 e. The van der Waals surface area contributed by atoms with Gasteiger partial charge in [-0.05, 0) is 24.0 Å². The van der Waals surface area contributed by atoms with E-state index in [9.17, 15) is 9.90 Å². The van der Waals surface area contributed by atoms with Gasteiger partial charge in [0.2, 0.25) is 0 Å². The third kappa shape index (κ3) is 2.65. The maximum atomic E-state index is 12.3. The molecule has 1 aliphatic rings. The van der Waals surface area contributed by atoms with E-state index >= 15 is 0 Å². The molecular formula is C15H21NO3. The highest BCUT2D eigenvalue weighted by Crippen LogP contribution is 2.29. The number of carbonyl (C=O) groups is 1. The summed E-state index contributed by atoms with van der Waals surface area (Å²) in [7, 11) is 0. The summed E-state index contributed by atoms with van der Waals surface area (Å²) in [5.74, 6) is -0.135. The van der Waals surface area contributed by atoms with E-state index in [2.05, 4.69) is 26.0 Å². The molecule has 1 atom stereocenters. The molecule has 1 saturated heterocycles. The maximum absolute atomic E-state index is 12.3. The fourth-order valence-corrected chi connectivity index (χ4v) is 2.56. The minimum absolute atomic E-state index is 0.135. The molecule has 1 aromatic carbocycles. The van der Waals surface area contributed by atoms with Crippen LogP contribution < -0.4 is 4.90 Å². The minimum Gasteiger partial charge on any atom is -0.393 e. The number of benzene rings is 1. The van der Waals surface area contributed by atoms with Gasteiger partial charge in [0, 0.05) is 6.54 Å². The maximum Gasteiger partial charge on any atom is 0.258 e. The predicted molar refractivity (Wildman–Crippen MR) is 74.4 cm³/mol. The summed E-state index contributed by atoms with van der Waals surface area (Å²) < 4.78 is 5.30. The van der Waals surface area contributed by atoms with Crippen molar-refractivity contribution in [3.8, 4) is 0 Å². The molecule has 2 rings (SSSR count). The van der Waals surface area contributed by atoms with E-state index in [1.807, 2.05) is 6.07 Å². The van der Waals surface area contributed by atoms with Gasteiger partial charge in [0.15, 0.2) is 6.10 Å². The highest BCUT2D eigenvalue weighted by molar-refractivity contribution is 5.98. The van der Waals surface area contributed by atoms with Crippen LogP contribution >= 0.6 is 0 Å². The number of nitrogens with zero attached hydrogens (tertiary/aromatic N) is 1. The van der Waals surface area contributed by atoms with Crippen molar-refractivity contribution in [2.75, 3.05) is 24.7 Å². The predicted octanol–water partition coefficient (Wildman–Crippen LogP) is 1.54. The number of aryl methyl sites for hydroxylation is 2. The van der Waals surface area contributed by atoms with E-state index in [1.54, 1.807) is 4.90 Å².